The number of furan rings is 2. The molecule has 8 nitrogen and oxygen atoms in total. The number of aliphatic hydroxyl groups is 1. The number of rotatable bonds is 8. The van der Waals surface area contributed by atoms with E-state index >= 15 is 0 Å². The van der Waals surface area contributed by atoms with E-state index in [-0.39, 0.29) is 11.3 Å². The first-order chi connectivity index (χ1) is 14.9. The van der Waals surface area contributed by atoms with Crippen LogP contribution in [0.25, 0.3) is 11.0 Å². The van der Waals surface area contributed by atoms with Crippen molar-refractivity contribution in [3.05, 3.63) is 65.5 Å². The van der Waals surface area contributed by atoms with Crippen LogP contribution in [0.4, 0.5) is 0 Å². The maximum atomic E-state index is 13.4. The quantitative estimate of drug-likeness (QED) is 0.552. The Morgan fingerprint density at radius 3 is 2.74 bits per heavy atom. The Labute approximate surface area is 179 Å². The largest absolute Gasteiger partial charge is 0.503 e. The number of hydrogen-bond acceptors (Lipinski definition) is 7. The van der Waals surface area contributed by atoms with Gasteiger partial charge in [-0.25, -0.2) is 0 Å². The fourth-order valence-corrected chi connectivity index (χ4v) is 3.86. The Morgan fingerprint density at radius 2 is 2.06 bits per heavy atom. The lowest BCUT2D eigenvalue weighted by molar-refractivity contribution is -0.129. The van der Waals surface area contributed by atoms with Gasteiger partial charge in [-0.3, -0.25) is 9.59 Å². The molecule has 0 spiro atoms. The van der Waals surface area contributed by atoms with E-state index in [0.29, 0.717) is 35.4 Å². The average molecular weight is 424 g/mol. The van der Waals surface area contributed by atoms with Crippen molar-refractivity contribution in [2.24, 2.45) is 0 Å². The highest BCUT2D eigenvalue weighted by Gasteiger charge is 2.45. The number of nitrogens with zero attached hydrogens (tertiary/aromatic N) is 2. The molecule has 0 radical (unpaired) electrons. The molecular formula is C23H24N2O6. The molecule has 0 bridgehead atoms. The van der Waals surface area contributed by atoms with Crippen LogP contribution in [0.15, 0.2) is 62.8 Å². The molecule has 1 N–H and O–H groups in total. The minimum Gasteiger partial charge on any atom is -0.503 e. The SMILES string of the molecule is COc1cccc2cc(C(=O)C3=C(O)C(=O)N(CCCN(C)C)[C@@H]3c3ccco3)oc12. The first kappa shape index (κ1) is 20.7. The maximum Gasteiger partial charge on any atom is 0.290 e. The van der Waals surface area contributed by atoms with Gasteiger partial charge in [0.05, 0.1) is 18.9 Å². The van der Waals surface area contributed by atoms with Gasteiger partial charge in [0, 0.05) is 11.9 Å². The molecule has 1 atom stereocenters. The number of methoxy groups -OCH3 is 1. The number of ether oxygens (including phenoxy) is 1. The van der Waals surface area contributed by atoms with Crippen LogP contribution in [0.2, 0.25) is 0 Å². The van der Waals surface area contributed by atoms with Gasteiger partial charge in [0.2, 0.25) is 5.78 Å². The summed E-state index contributed by atoms with van der Waals surface area (Å²) in [7, 11) is 5.40. The summed E-state index contributed by atoms with van der Waals surface area (Å²) in [6, 6.07) is 9.44. The van der Waals surface area contributed by atoms with E-state index in [1.807, 2.05) is 19.0 Å². The number of fused-ring (bicyclic) bond motifs is 1. The van der Waals surface area contributed by atoms with E-state index < -0.39 is 23.5 Å². The fourth-order valence-electron chi connectivity index (χ4n) is 3.86. The smallest absolute Gasteiger partial charge is 0.290 e. The molecule has 4 rings (SSSR count). The molecule has 3 aromatic rings. The Morgan fingerprint density at radius 1 is 1.26 bits per heavy atom. The van der Waals surface area contributed by atoms with Gasteiger partial charge in [-0.05, 0) is 51.3 Å². The molecule has 162 valence electrons. The summed E-state index contributed by atoms with van der Waals surface area (Å²) in [5.41, 5.74) is 0.373. The third-order valence-electron chi connectivity index (χ3n) is 5.32. The monoisotopic (exact) mass is 424 g/mol. The first-order valence-electron chi connectivity index (χ1n) is 9.96. The number of ketones is 1. The zero-order valence-corrected chi connectivity index (χ0v) is 17.6. The molecule has 1 aliphatic rings. The Bertz CT molecular complexity index is 1140. The molecule has 2 aromatic heterocycles. The lowest BCUT2D eigenvalue weighted by Crippen LogP contribution is -2.33. The highest BCUT2D eigenvalue weighted by Crippen LogP contribution is 2.40. The zero-order valence-electron chi connectivity index (χ0n) is 17.6. The van der Waals surface area contributed by atoms with Gasteiger partial charge in [0.25, 0.3) is 5.91 Å². The zero-order chi connectivity index (χ0) is 22.1. The number of carbonyl (C=O) groups is 2. The van der Waals surface area contributed by atoms with Crippen LogP contribution in [0, 0.1) is 0 Å². The van der Waals surface area contributed by atoms with Crippen LogP contribution < -0.4 is 4.74 Å². The third-order valence-corrected chi connectivity index (χ3v) is 5.32. The second-order valence-corrected chi connectivity index (χ2v) is 7.65. The highest BCUT2D eigenvalue weighted by atomic mass is 16.5. The van der Waals surface area contributed by atoms with Crippen molar-refractivity contribution in [2.75, 3.05) is 34.3 Å². The van der Waals surface area contributed by atoms with E-state index in [1.54, 1.807) is 36.4 Å². The molecule has 0 saturated heterocycles. The van der Waals surface area contributed by atoms with Gasteiger partial charge >= 0.3 is 0 Å². The number of benzene rings is 1. The number of hydrogen-bond donors (Lipinski definition) is 1. The van der Waals surface area contributed by atoms with Crippen molar-refractivity contribution in [3.63, 3.8) is 0 Å². The summed E-state index contributed by atoms with van der Waals surface area (Å²) in [6.45, 7) is 1.11. The van der Waals surface area contributed by atoms with Crippen LogP contribution in [0.1, 0.15) is 28.8 Å². The van der Waals surface area contributed by atoms with E-state index in [4.69, 9.17) is 13.6 Å². The minimum absolute atomic E-state index is 0.0144. The van der Waals surface area contributed by atoms with Crippen LogP contribution in [-0.4, -0.2) is 60.9 Å². The Kier molecular flexibility index (Phi) is 5.56. The second kappa shape index (κ2) is 8.31. The summed E-state index contributed by atoms with van der Waals surface area (Å²) in [5, 5.41) is 11.3. The molecule has 31 heavy (non-hydrogen) atoms. The minimum atomic E-state index is -0.827. The topological polar surface area (TPSA) is 96.4 Å². The lowest BCUT2D eigenvalue weighted by atomic mass is 9.99. The Balaban J connectivity index is 1.73. The van der Waals surface area contributed by atoms with Crippen molar-refractivity contribution in [1.29, 1.82) is 0 Å². The molecular weight excluding hydrogens is 400 g/mol. The Hall–Kier alpha value is -3.52. The fraction of sp³-hybridized carbons (Fsp3) is 0.304. The summed E-state index contributed by atoms with van der Waals surface area (Å²) in [6.07, 6.45) is 2.15. The normalized spacial score (nSPS) is 16.7. The van der Waals surface area contributed by atoms with Gasteiger partial charge in [0.15, 0.2) is 22.9 Å². The number of carbonyl (C=O) groups excluding carboxylic acids is 2. The van der Waals surface area contributed by atoms with E-state index in [0.717, 1.165) is 6.54 Å². The van der Waals surface area contributed by atoms with Gasteiger partial charge in [-0.1, -0.05) is 12.1 Å². The molecule has 1 aliphatic heterocycles. The molecule has 0 unspecified atom stereocenters. The lowest BCUT2D eigenvalue weighted by Gasteiger charge is -2.25. The molecule has 0 aliphatic carbocycles. The highest BCUT2D eigenvalue weighted by molar-refractivity contribution is 6.16. The van der Waals surface area contributed by atoms with Crippen LogP contribution in [0.3, 0.4) is 0 Å². The summed E-state index contributed by atoms with van der Waals surface area (Å²) < 4.78 is 16.6. The number of amides is 1. The van der Waals surface area contributed by atoms with Gasteiger partial charge in [0.1, 0.15) is 11.8 Å². The summed E-state index contributed by atoms with van der Waals surface area (Å²) >= 11 is 0. The van der Waals surface area contributed by atoms with Gasteiger partial charge < -0.3 is 28.5 Å². The van der Waals surface area contributed by atoms with E-state index in [2.05, 4.69) is 0 Å². The van der Waals surface area contributed by atoms with Crippen LogP contribution in [0.5, 0.6) is 5.75 Å². The van der Waals surface area contributed by atoms with Crippen molar-refractivity contribution < 1.29 is 28.3 Å². The van der Waals surface area contributed by atoms with Crippen molar-refractivity contribution in [3.8, 4) is 5.75 Å². The van der Waals surface area contributed by atoms with Crippen molar-refractivity contribution >= 4 is 22.7 Å². The molecule has 1 aromatic carbocycles. The van der Waals surface area contributed by atoms with E-state index in [1.165, 1.54) is 18.3 Å². The van der Waals surface area contributed by atoms with Crippen molar-refractivity contribution in [2.45, 2.75) is 12.5 Å². The van der Waals surface area contributed by atoms with Gasteiger partial charge in [-0.15, -0.1) is 0 Å². The second-order valence-electron chi connectivity index (χ2n) is 7.65. The number of Topliss-reactive ketones (excluding diaryl/α,β-unsaturated/α-hetero) is 1. The first-order valence-corrected chi connectivity index (χ1v) is 9.96. The average Bonchev–Trinajstić information content (AvgIpc) is 3.47. The van der Waals surface area contributed by atoms with Crippen LogP contribution in [-0.2, 0) is 4.79 Å². The molecule has 1 amide bonds. The van der Waals surface area contributed by atoms with Gasteiger partial charge in [-0.2, -0.15) is 0 Å². The predicted octanol–water partition coefficient (Wildman–Crippen LogP) is 3.56. The number of aliphatic hydroxyl groups excluding tert-OH is 1. The predicted molar refractivity (Wildman–Crippen MR) is 113 cm³/mol. The molecule has 8 heteroatoms. The maximum absolute atomic E-state index is 13.4. The summed E-state index contributed by atoms with van der Waals surface area (Å²) in [5.74, 6) is -0.841. The molecule has 0 fully saturated rings. The van der Waals surface area contributed by atoms with Crippen LogP contribution >= 0.6 is 0 Å². The standard InChI is InChI=1S/C23H24N2O6/c1-24(2)10-6-11-25-19(15-9-5-12-30-15)18(21(27)23(25)28)20(26)17-13-14-7-4-8-16(29-3)22(14)31-17/h4-5,7-9,12-13,19,27H,6,10-11H2,1-3H3/t19-/m1/s1. The molecule has 3 heterocycles. The van der Waals surface area contributed by atoms with Crippen molar-refractivity contribution in [1.82, 2.24) is 9.80 Å². The molecule has 0 saturated carbocycles. The number of para-hydroxylation sites is 1. The summed E-state index contributed by atoms with van der Waals surface area (Å²) in [4.78, 5) is 29.8. The third kappa shape index (κ3) is 3.70. The van der Waals surface area contributed by atoms with E-state index in [9.17, 15) is 14.7 Å².